The Morgan fingerprint density at radius 1 is 1.33 bits per heavy atom. The van der Waals surface area contributed by atoms with Crippen LogP contribution in [0, 0.1) is 0 Å². The van der Waals surface area contributed by atoms with E-state index in [-0.39, 0.29) is 0 Å². The van der Waals surface area contributed by atoms with E-state index in [1.807, 2.05) is 37.4 Å². The number of guanidine groups is 1. The molecule has 21 heavy (non-hydrogen) atoms. The van der Waals surface area contributed by atoms with Crippen LogP contribution < -0.4 is 10.1 Å². The van der Waals surface area contributed by atoms with Gasteiger partial charge in [0, 0.05) is 13.6 Å². The lowest BCUT2D eigenvalue weighted by Crippen LogP contribution is -2.35. The van der Waals surface area contributed by atoms with Crippen molar-refractivity contribution >= 4 is 5.96 Å². The fraction of sp³-hybridized carbons (Fsp3) is 0.357. The summed E-state index contributed by atoms with van der Waals surface area (Å²) in [4.78, 5) is 10.8. The van der Waals surface area contributed by atoms with Gasteiger partial charge in [-0.1, -0.05) is 18.2 Å². The molecule has 0 amide bonds. The van der Waals surface area contributed by atoms with E-state index >= 15 is 0 Å². The van der Waals surface area contributed by atoms with Crippen LogP contribution in [-0.4, -0.2) is 46.2 Å². The summed E-state index contributed by atoms with van der Waals surface area (Å²) in [7, 11) is 2.01. The number of para-hydroxylation sites is 1. The molecule has 3 rings (SSSR count). The van der Waals surface area contributed by atoms with Crippen LogP contribution in [0.3, 0.4) is 0 Å². The summed E-state index contributed by atoms with van der Waals surface area (Å²) in [6.07, 6.45) is 0. The van der Waals surface area contributed by atoms with Crippen molar-refractivity contribution in [2.45, 2.75) is 13.2 Å². The third-order valence-electron chi connectivity index (χ3n) is 3.16. The average Bonchev–Trinajstić information content (AvgIpc) is 3.13. The lowest BCUT2D eigenvalue weighted by atomic mass is 10.3. The maximum absolute atomic E-state index is 5.61. The highest BCUT2D eigenvalue weighted by Crippen LogP contribution is 2.09. The van der Waals surface area contributed by atoms with Crippen LogP contribution in [0.25, 0.3) is 0 Å². The number of aromatic amines is 1. The van der Waals surface area contributed by atoms with Gasteiger partial charge in [0.15, 0.2) is 17.6 Å². The van der Waals surface area contributed by atoms with E-state index in [0.29, 0.717) is 24.8 Å². The molecule has 0 atom stereocenters. The molecular formula is C14H18N6O. The molecule has 0 radical (unpaired) electrons. The number of rotatable bonds is 5. The maximum atomic E-state index is 5.61. The van der Waals surface area contributed by atoms with Crippen molar-refractivity contribution < 1.29 is 4.74 Å². The molecule has 2 heterocycles. The van der Waals surface area contributed by atoms with Gasteiger partial charge in [-0.2, -0.15) is 5.10 Å². The zero-order chi connectivity index (χ0) is 14.5. The quantitative estimate of drug-likeness (QED) is 0.849. The molecule has 0 spiro atoms. The van der Waals surface area contributed by atoms with Crippen molar-refractivity contribution in [1.29, 1.82) is 0 Å². The molecule has 0 unspecified atom stereocenters. The van der Waals surface area contributed by atoms with E-state index in [0.717, 1.165) is 24.8 Å². The van der Waals surface area contributed by atoms with E-state index in [1.165, 1.54) is 0 Å². The van der Waals surface area contributed by atoms with E-state index < -0.39 is 0 Å². The standard InChI is InChI=1S/C14H18N6O/c1-20-8-7-15-14(20)16-9-12-17-13(19-18-12)10-21-11-5-3-2-4-6-11/h2-6H,7-10H2,1H3,(H,15,16)(H,17,18,19). The minimum Gasteiger partial charge on any atom is -0.486 e. The van der Waals surface area contributed by atoms with Gasteiger partial charge in [-0.25, -0.2) is 4.98 Å². The predicted molar refractivity (Wildman–Crippen MR) is 78.9 cm³/mol. The molecule has 0 saturated carbocycles. The summed E-state index contributed by atoms with van der Waals surface area (Å²) in [5.41, 5.74) is 0. The number of aliphatic imine (C=N–C) groups is 1. The molecular weight excluding hydrogens is 268 g/mol. The zero-order valence-corrected chi connectivity index (χ0v) is 11.9. The van der Waals surface area contributed by atoms with Gasteiger partial charge in [0.05, 0.1) is 13.1 Å². The Morgan fingerprint density at radius 3 is 2.95 bits per heavy atom. The van der Waals surface area contributed by atoms with Gasteiger partial charge in [0.1, 0.15) is 12.4 Å². The second-order valence-electron chi connectivity index (χ2n) is 4.78. The van der Waals surface area contributed by atoms with Gasteiger partial charge >= 0.3 is 0 Å². The van der Waals surface area contributed by atoms with Crippen LogP contribution in [0.4, 0.5) is 0 Å². The van der Waals surface area contributed by atoms with Crippen LogP contribution in [0.1, 0.15) is 11.6 Å². The molecule has 7 nitrogen and oxygen atoms in total. The van der Waals surface area contributed by atoms with Crippen molar-refractivity contribution in [3.05, 3.63) is 42.0 Å². The minimum atomic E-state index is 0.373. The van der Waals surface area contributed by atoms with Crippen molar-refractivity contribution in [1.82, 2.24) is 25.4 Å². The number of nitrogens with zero attached hydrogens (tertiary/aromatic N) is 4. The van der Waals surface area contributed by atoms with Crippen molar-refractivity contribution in [3.63, 3.8) is 0 Å². The number of aromatic nitrogens is 3. The molecule has 110 valence electrons. The number of H-pyrrole nitrogens is 1. The van der Waals surface area contributed by atoms with Crippen molar-refractivity contribution in [2.75, 3.05) is 20.1 Å². The van der Waals surface area contributed by atoms with Gasteiger partial charge in [0.2, 0.25) is 0 Å². The van der Waals surface area contributed by atoms with Crippen LogP contribution in [0.5, 0.6) is 5.75 Å². The molecule has 0 fully saturated rings. The molecule has 0 saturated heterocycles. The van der Waals surface area contributed by atoms with Crippen molar-refractivity contribution in [3.8, 4) is 5.75 Å². The monoisotopic (exact) mass is 286 g/mol. The van der Waals surface area contributed by atoms with Gasteiger partial charge in [-0.3, -0.25) is 10.1 Å². The number of likely N-dealkylation sites (N-methyl/N-ethyl adjacent to an activating group) is 1. The molecule has 1 aromatic carbocycles. The largest absolute Gasteiger partial charge is 0.486 e. The zero-order valence-electron chi connectivity index (χ0n) is 11.9. The second-order valence-corrected chi connectivity index (χ2v) is 4.78. The normalized spacial score (nSPS) is 14.1. The van der Waals surface area contributed by atoms with E-state index in [9.17, 15) is 0 Å². The highest BCUT2D eigenvalue weighted by molar-refractivity contribution is 5.81. The smallest absolute Gasteiger partial charge is 0.194 e. The Hall–Kier alpha value is -2.57. The fourth-order valence-corrected chi connectivity index (χ4v) is 2.03. The Bertz CT molecular complexity index is 609. The molecule has 0 bridgehead atoms. The Kier molecular flexibility index (Phi) is 3.99. The molecule has 7 heteroatoms. The first-order valence-electron chi connectivity index (χ1n) is 6.89. The molecule has 2 aromatic rings. The predicted octanol–water partition coefficient (Wildman–Crippen LogP) is 0.775. The minimum absolute atomic E-state index is 0.373. The first-order valence-corrected chi connectivity index (χ1v) is 6.89. The number of hydrogen-bond acceptors (Lipinski definition) is 6. The number of benzene rings is 1. The maximum Gasteiger partial charge on any atom is 0.194 e. The van der Waals surface area contributed by atoms with Gasteiger partial charge in [-0.15, -0.1) is 0 Å². The summed E-state index contributed by atoms with van der Waals surface area (Å²) in [5, 5.41) is 10.3. The summed E-state index contributed by atoms with van der Waals surface area (Å²) in [6, 6.07) is 9.64. The number of hydrogen-bond donors (Lipinski definition) is 2. The second kappa shape index (κ2) is 6.25. The van der Waals surface area contributed by atoms with E-state index in [2.05, 4.69) is 30.4 Å². The van der Waals surface area contributed by atoms with E-state index in [1.54, 1.807) is 0 Å². The highest BCUT2D eigenvalue weighted by Gasteiger charge is 2.12. The first-order chi connectivity index (χ1) is 10.3. The van der Waals surface area contributed by atoms with Crippen LogP contribution >= 0.6 is 0 Å². The van der Waals surface area contributed by atoms with Gasteiger partial charge in [-0.05, 0) is 12.1 Å². The van der Waals surface area contributed by atoms with Gasteiger partial charge in [0.25, 0.3) is 0 Å². The summed E-state index contributed by atoms with van der Waals surface area (Å²) in [5.74, 6) is 3.11. The van der Waals surface area contributed by atoms with Crippen LogP contribution in [0.2, 0.25) is 0 Å². The summed E-state index contributed by atoms with van der Waals surface area (Å²) >= 11 is 0. The third-order valence-corrected chi connectivity index (χ3v) is 3.16. The highest BCUT2D eigenvalue weighted by atomic mass is 16.5. The first kappa shape index (κ1) is 13.4. The van der Waals surface area contributed by atoms with Crippen LogP contribution in [0.15, 0.2) is 35.3 Å². The molecule has 0 aliphatic carbocycles. The Labute approximate surface area is 123 Å². The molecule has 1 aliphatic heterocycles. The molecule has 2 N–H and O–H groups in total. The summed E-state index contributed by atoms with van der Waals surface area (Å²) < 4.78 is 5.61. The van der Waals surface area contributed by atoms with E-state index in [4.69, 9.17) is 4.74 Å². The average molecular weight is 286 g/mol. The Morgan fingerprint density at radius 2 is 2.19 bits per heavy atom. The molecule has 1 aromatic heterocycles. The van der Waals surface area contributed by atoms with Crippen molar-refractivity contribution in [2.24, 2.45) is 4.99 Å². The third kappa shape index (κ3) is 3.50. The summed E-state index contributed by atoms with van der Waals surface area (Å²) in [6.45, 7) is 2.71. The van der Waals surface area contributed by atoms with Crippen LogP contribution in [-0.2, 0) is 13.2 Å². The SMILES string of the molecule is CN1CCN=C1NCc1n[nH]c(COc2ccccc2)n1. The molecule has 1 aliphatic rings. The lowest BCUT2D eigenvalue weighted by Gasteiger charge is -2.13. The Balaban J connectivity index is 1.49. The topological polar surface area (TPSA) is 78.4 Å². The lowest BCUT2D eigenvalue weighted by molar-refractivity contribution is 0.296. The fourth-order valence-electron chi connectivity index (χ4n) is 2.03. The number of ether oxygens (including phenoxy) is 1. The number of nitrogens with one attached hydrogen (secondary N) is 2. The van der Waals surface area contributed by atoms with Gasteiger partial charge < -0.3 is 15.0 Å².